The number of H-pyrrole nitrogens is 1. The van der Waals surface area contributed by atoms with Crippen molar-refractivity contribution in [3.05, 3.63) is 42.6 Å². The lowest BCUT2D eigenvalue weighted by atomic mass is 10.2. The summed E-state index contributed by atoms with van der Waals surface area (Å²) in [7, 11) is 0. The molecule has 3 heterocycles. The monoisotopic (exact) mass is 210 g/mol. The van der Waals surface area contributed by atoms with Crippen molar-refractivity contribution in [2.45, 2.75) is 6.92 Å². The van der Waals surface area contributed by atoms with Gasteiger partial charge in [0.15, 0.2) is 0 Å². The third-order valence-corrected chi connectivity index (χ3v) is 2.50. The molecule has 4 nitrogen and oxygen atoms in total. The van der Waals surface area contributed by atoms with Crippen LogP contribution in [0.3, 0.4) is 0 Å². The first-order valence-corrected chi connectivity index (χ1v) is 5.05. The summed E-state index contributed by atoms with van der Waals surface area (Å²) in [6.45, 7) is 1.98. The number of hydrogen-bond acceptors (Lipinski definition) is 3. The van der Waals surface area contributed by atoms with E-state index in [1.165, 1.54) is 0 Å². The fourth-order valence-corrected chi connectivity index (χ4v) is 1.74. The second-order valence-electron chi connectivity index (χ2n) is 3.70. The highest BCUT2D eigenvalue weighted by Gasteiger charge is 2.03. The molecule has 0 radical (unpaired) electrons. The predicted molar refractivity (Wildman–Crippen MR) is 61.9 cm³/mol. The maximum absolute atomic E-state index is 4.18. The minimum absolute atomic E-state index is 0.861. The highest BCUT2D eigenvalue weighted by molar-refractivity contribution is 5.82. The molecule has 0 bridgehead atoms. The molecule has 0 aliphatic rings. The van der Waals surface area contributed by atoms with Gasteiger partial charge in [0, 0.05) is 34.7 Å². The van der Waals surface area contributed by atoms with Gasteiger partial charge in [0.05, 0.1) is 0 Å². The summed E-state index contributed by atoms with van der Waals surface area (Å²) in [6.07, 6.45) is 5.15. The van der Waals surface area contributed by atoms with E-state index < -0.39 is 0 Å². The maximum Gasteiger partial charge on any atom is 0.141 e. The van der Waals surface area contributed by atoms with Crippen LogP contribution in [0.15, 0.2) is 36.9 Å². The van der Waals surface area contributed by atoms with Gasteiger partial charge < -0.3 is 4.98 Å². The average Bonchev–Trinajstić information content (AvgIpc) is 2.72. The van der Waals surface area contributed by atoms with E-state index in [-0.39, 0.29) is 0 Å². The van der Waals surface area contributed by atoms with Crippen LogP contribution in [0.2, 0.25) is 0 Å². The van der Waals surface area contributed by atoms with Crippen LogP contribution in [-0.2, 0) is 0 Å². The molecule has 3 rings (SSSR count). The van der Waals surface area contributed by atoms with Crippen LogP contribution in [0.25, 0.3) is 22.3 Å². The maximum atomic E-state index is 4.18. The molecule has 0 fully saturated rings. The third kappa shape index (κ3) is 1.44. The molecule has 16 heavy (non-hydrogen) atoms. The average molecular weight is 210 g/mol. The molecule has 3 aromatic heterocycles. The van der Waals surface area contributed by atoms with E-state index in [4.69, 9.17) is 0 Å². The highest BCUT2D eigenvalue weighted by Crippen LogP contribution is 2.22. The van der Waals surface area contributed by atoms with Crippen molar-refractivity contribution >= 4 is 11.0 Å². The van der Waals surface area contributed by atoms with E-state index in [1.54, 1.807) is 12.5 Å². The third-order valence-electron chi connectivity index (χ3n) is 2.50. The molecule has 0 spiro atoms. The van der Waals surface area contributed by atoms with Crippen molar-refractivity contribution in [2.24, 2.45) is 0 Å². The van der Waals surface area contributed by atoms with E-state index >= 15 is 0 Å². The summed E-state index contributed by atoms with van der Waals surface area (Å²) < 4.78 is 0. The lowest BCUT2D eigenvalue weighted by Gasteiger charge is -1.97. The number of nitrogens with one attached hydrogen (secondary N) is 1. The van der Waals surface area contributed by atoms with Gasteiger partial charge in [-0.1, -0.05) is 0 Å². The number of pyridine rings is 1. The minimum Gasteiger partial charge on any atom is -0.339 e. The van der Waals surface area contributed by atoms with Crippen molar-refractivity contribution in [2.75, 3.05) is 0 Å². The fourth-order valence-electron chi connectivity index (χ4n) is 1.74. The summed E-state index contributed by atoms with van der Waals surface area (Å²) in [4.78, 5) is 15.6. The van der Waals surface area contributed by atoms with Gasteiger partial charge in [-0.3, -0.25) is 4.98 Å². The molecule has 1 N–H and O–H groups in total. The number of aromatic amines is 1. The predicted octanol–water partition coefficient (Wildman–Crippen LogP) is 2.33. The topological polar surface area (TPSA) is 54.5 Å². The molecule has 3 aromatic rings. The van der Waals surface area contributed by atoms with E-state index in [0.717, 1.165) is 28.0 Å². The Labute approximate surface area is 92.4 Å². The Hall–Kier alpha value is -2.23. The van der Waals surface area contributed by atoms with Crippen LogP contribution in [0.4, 0.5) is 0 Å². The largest absolute Gasteiger partial charge is 0.339 e. The fraction of sp³-hybridized carbons (Fsp3) is 0.0833. The van der Waals surface area contributed by atoms with Gasteiger partial charge in [-0.05, 0) is 25.1 Å². The minimum atomic E-state index is 0.861. The zero-order chi connectivity index (χ0) is 11.0. The first kappa shape index (κ1) is 9.03. The van der Waals surface area contributed by atoms with Gasteiger partial charge in [0.1, 0.15) is 12.0 Å². The van der Waals surface area contributed by atoms with E-state index in [9.17, 15) is 0 Å². The van der Waals surface area contributed by atoms with Crippen LogP contribution in [0.1, 0.15) is 5.69 Å². The number of hydrogen-bond donors (Lipinski definition) is 1. The first-order valence-electron chi connectivity index (χ1n) is 5.05. The Bertz CT molecular complexity index is 609. The number of rotatable bonds is 1. The highest BCUT2D eigenvalue weighted by atomic mass is 14.9. The van der Waals surface area contributed by atoms with Crippen molar-refractivity contribution in [3.8, 4) is 11.3 Å². The van der Waals surface area contributed by atoms with E-state index in [0.29, 0.717) is 0 Å². The molecule has 0 saturated carbocycles. The van der Waals surface area contributed by atoms with Crippen molar-refractivity contribution in [3.63, 3.8) is 0 Å². The summed E-state index contributed by atoms with van der Waals surface area (Å²) in [5, 5.41) is 1.02. The van der Waals surface area contributed by atoms with Crippen molar-refractivity contribution in [1.29, 1.82) is 0 Å². The first-order chi connectivity index (χ1) is 7.83. The Balaban J connectivity index is 2.19. The summed E-state index contributed by atoms with van der Waals surface area (Å²) >= 11 is 0. The molecule has 0 unspecified atom stereocenters. The summed E-state index contributed by atoms with van der Waals surface area (Å²) in [5.74, 6) is 0. The van der Waals surface area contributed by atoms with Gasteiger partial charge in [-0.2, -0.15) is 0 Å². The van der Waals surface area contributed by atoms with Crippen LogP contribution in [0, 0.1) is 6.92 Å². The Morgan fingerprint density at radius 2 is 2.12 bits per heavy atom. The van der Waals surface area contributed by atoms with E-state index in [1.807, 2.05) is 31.3 Å². The van der Waals surface area contributed by atoms with Crippen LogP contribution < -0.4 is 0 Å². The zero-order valence-corrected chi connectivity index (χ0v) is 8.81. The Kier molecular flexibility index (Phi) is 1.93. The normalized spacial score (nSPS) is 10.8. The number of aryl methyl sites for hydroxylation is 1. The molecular formula is C12H10N4. The summed E-state index contributed by atoms with van der Waals surface area (Å²) in [6, 6.07) is 6.06. The molecule has 4 heteroatoms. The number of aromatic nitrogens is 4. The number of nitrogens with zero attached hydrogens (tertiary/aromatic N) is 3. The zero-order valence-electron chi connectivity index (χ0n) is 8.81. The molecule has 0 aliphatic carbocycles. The number of fused-ring (bicyclic) bond motifs is 1. The van der Waals surface area contributed by atoms with Gasteiger partial charge in [0.25, 0.3) is 0 Å². The Morgan fingerprint density at radius 1 is 1.19 bits per heavy atom. The van der Waals surface area contributed by atoms with Crippen molar-refractivity contribution in [1.82, 2.24) is 19.9 Å². The van der Waals surface area contributed by atoms with Crippen LogP contribution >= 0.6 is 0 Å². The molecular weight excluding hydrogens is 200 g/mol. The van der Waals surface area contributed by atoms with E-state index in [2.05, 4.69) is 19.9 Å². The molecule has 78 valence electrons. The quantitative estimate of drug-likeness (QED) is 0.670. The lowest BCUT2D eigenvalue weighted by Crippen LogP contribution is -1.82. The SMILES string of the molecule is Cc1cc(-c2cc3cncnc3[nH]2)ccn1. The second kappa shape index (κ2) is 3.41. The van der Waals surface area contributed by atoms with Crippen molar-refractivity contribution < 1.29 is 0 Å². The summed E-state index contributed by atoms with van der Waals surface area (Å²) in [5.41, 5.74) is 4.02. The Morgan fingerprint density at radius 3 is 2.94 bits per heavy atom. The standard InChI is InChI=1S/C12H10N4/c1-8-4-9(2-3-14-8)11-5-10-6-13-7-15-12(10)16-11/h2-7H,1H3,(H,13,15,16). The smallest absolute Gasteiger partial charge is 0.141 e. The molecule has 0 aromatic carbocycles. The van der Waals surface area contributed by atoms with Gasteiger partial charge >= 0.3 is 0 Å². The lowest BCUT2D eigenvalue weighted by molar-refractivity contribution is 1.19. The van der Waals surface area contributed by atoms with Gasteiger partial charge in [0.2, 0.25) is 0 Å². The molecule has 0 atom stereocenters. The van der Waals surface area contributed by atoms with Crippen LogP contribution in [0.5, 0.6) is 0 Å². The molecule has 0 amide bonds. The molecule has 0 saturated heterocycles. The van der Waals surface area contributed by atoms with Gasteiger partial charge in [-0.15, -0.1) is 0 Å². The molecule has 0 aliphatic heterocycles. The second-order valence-corrected chi connectivity index (χ2v) is 3.70. The van der Waals surface area contributed by atoms with Gasteiger partial charge in [-0.25, -0.2) is 9.97 Å². The van der Waals surface area contributed by atoms with Crippen LogP contribution in [-0.4, -0.2) is 19.9 Å².